The second-order valence-corrected chi connectivity index (χ2v) is 5.79. The molecule has 2 aliphatic rings. The van der Waals surface area contributed by atoms with Gasteiger partial charge in [0.1, 0.15) is 5.69 Å². The molecule has 4 rings (SSSR count). The van der Waals surface area contributed by atoms with Crippen LogP contribution >= 0.6 is 0 Å². The van der Waals surface area contributed by atoms with E-state index in [1.807, 2.05) is 48.5 Å². The van der Waals surface area contributed by atoms with Gasteiger partial charge >= 0.3 is 0 Å². The molecule has 1 N–H and O–H groups in total. The van der Waals surface area contributed by atoms with Crippen LogP contribution < -0.4 is 4.90 Å². The molecule has 0 saturated carbocycles. The molecule has 3 nitrogen and oxygen atoms in total. The van der Waals surface area contributed by atoms with Gasteiger partial charge < -0.3 is 5.11 Å². The van der Waals surface area contributed by atoms with E-state index in [0.29, 0.717) is 6.54 Å². The predicted molar refractivity (Wildman–Crippen MR) is 83.5 cm³/mol. The molecule has 21 heavy (non-hydrogen) atoms. The minimum Gasteiger partial charge on any atom is -0.346 e. The summed E-state index contributed by atoms with van der Waals surface area (Å²) in [5, 5.41) is 11.4. The Morgan fingerprint density at radius 3 is 2.33 bits per heavy atom. The predicted octanol–water partition coefficient (Wildman–Crippen LogP) is 2.56. The smallest absolute Gasteiger partial charge is 0.275 e. The van der Waals surface area contributed by atoms with E-state index >= 15 is 0 Å². The molecule has 1 atom stereocenters. The second kappa shape index (κ2) is 4.71. The molecule has 106 valence electrons. The number of hydrogen-bond acceptors (Lipinski definition) is 2. The van der Waals surface area contributed by atoms with Crippen LogP contribution in [0.2, 0.25) is 0 Å². The normalized spacial score (nSPS) is 24.5. The van der Waals surface area contributed by atoms with E-state index < -0.39 is 5.72 Å². The minimum absolute atomic E-state index is 0.640. The van der Waals surface area contributed by atoms with Gasteiger partial charge in [-0.2, -0.15) is 4.90 Å². The molecular weight excluding hydrogens is 260 g/mol. The number of rotatable bonds is 2. The number of nitrogens with zero attached hydrogens (tertiary/aromatic N) is 2. The Morgan fingerprint density at radius 1 is 0.952 bits per heavy atom. The highest BCUT2D eigenvalue weighted by atomic mass is 16.3. The fraction of sp³-hybridized carbons (Fsp3) is 0.278. The van der Waals surface area contributed by atoms with Crippen LogP contribution in [0.4, 0.5) is 5.69 Å². The molecule has 2 aromatic carbocycles. The van der Waals surface area contributed by atoms with Gasteiger partial charge in [0, 0.05) is 5.56 Å². The van der Waals surface area contributed by atoms with Crippen molar-refractivity contribution in [2.45, 2.75) is 18.6 Å². The van der Waals surface area contributed by atoms with E-state index in [-0.39, 0.29) is 0 Å². The van der Waals surface area contributed by atoms with E-state index in [0.717, 1.165) is 24.2 Å². The molecule has 0 amide bonds. The highest BCUT2D eigenvalue weighted by Crippen LogP contribution is 2.38. The summed E-state index contributed by atoms with van der Waals surface area (Å²) in [6, 6.07) is 20.2. The van der Waals surface area contributed by atoms with Gasteiger partial charge in [-0.05, 0) is 18.6 Å². The number of benzene rings is 2. The van der Waals surface area contributed by atoms with Crippen LogP contribution in [-0.2, 0) is 5.72 Å². The first-order valence-electron chi connectivity index (χ1n) is 7.53. The average molecular weight is 279 g/mol. The zero-order valence-corrected chi connectivity index (χ0v) is 11.9. The fourth-order valence-corrected chi connectivity index (χ4v) is 3.55. The summed E-state index contributed by atoms with van der Waals surface area (Å²) < 4.78 is 2.32. The first kappa shape index (κ1) is 12.6. The molecule has 0 fully saturated rings. The van der Waals surface area contributed by atoms with E-state index in [2.05, 4.69) is 21.6 Å². The first-order valence-corrected chi connectivity index (χ1v) is 7.53. The van der Waals surface area contributed by atoms with Crippen molar-refractivity contribution in [3.63, 3.8) is 0 Å². The topological polar surface area (TPSA) is 26.5 Å². The molecule has 2 aliphatic heterocycles. The standard InChI is InChI=1S/C18H19N2O/c21-18(15-8-3-1-4-9-15)14-19-13-7-12-17(19)20(18)16-10-5-2-6-11-16/h1-6,8-11,21H,7,12-14H2/q+1. The quantitative estimate of drug-likeness (QED) is 0.855. The third kappa shape index (κ3) is 1.88. The van der Waals surface area contributed by atoms with Crippen molar-refractivity contribution in [3.05, 3.63) is 66.2 Å². The highest BCUT2D eigenvalue weighted by molar-refractivity contribution is 5.97. The first-order chi connectivity index (χ1) is 10.3. The molecule has 0 aliphatic carbocycles. The maximum atomic E-state index is 11.4. The summed E-state index contributed by atoms with van der Waals surface area (Å²) in [5.74, 6) is 1.24. The lowest BCUT2D eigenvalue weighted by atomic mass is 10.00. The lowest BCUT2D eigenvalue weighted by Gasteiger charge is -2.29. The van der Waals surface area contributed by atoms with E-state index in [1.165, 1.54) is 12.3 Å². The van der Waals surface area contributed by atoms with Gasteiger partial charge in [-0.1, -0.05) is 48.5 Å². The van der Waals surface area contributed by atoms with E-state index in [1.54, 1.807) is 0 Å². The molecule has 2 aromatic rings. The summed E-state index contributed by atoms with van der Waals surface area (Å²) in [7, 11) is 0. The Morgan fingerprint density at radius 2 is 1.62 bits per heavy atom. The van der Waals surface area contributed by atoms with Crippen LogP contribution in [0.3, 0.4) is 0 Å². The molecule has 1 unspecified atom stereocenters. The average Bonchev–Trinajstić information content (AvgIpc) is 3.07. The Labute approximate surface area is 124 Å². The van der Waals surface area contributed by atoms with E-state index in [4.69, 9.17) is 0 Å². The highest BCUT2D eigenvalue weighted by Gasteiger charge is 2.55. The number of amidine groups is 1. The summed E-state index contributed by atoms with van der Waals surface area (Å²) in [6.45, 7) is 1.68. The van der Waals surface area contributed by atoms with Crippen molar-refractivity contribution in [1.29, 1.82) is 0 Å². The largest absolute Gasteiger partial charge is 0.346 e. The molecule has 3 heteroatoms. The Bertz CT molecular complexity index is 681. The van der Waals surface area contributed by atoms with Crippen molar-refractivity contribution >= 4 is 11.5 Å². The lowest BCUT2D eigenvalue weighted by Crippen LogP contribution is -2.47. The maximum Gasteiger partial charge on any atom is 0.275 e. The van der Waals surface area contributed by atoms with Crippen LogP contribution in [-0.4, -0.2) is 28.6 Å². The Kier molecular flexibility index (Phi) is 2.82. The van der Waals surface area contributed by atoms with Crippen molar-refractivity contribution in [2.75, 3.05) is 18.0 Å². The van der Waals surface area contributed by atoms with Gasteiger partial charge in [0.25, 0.3) is 11.6 Å². The van der Waals surface area contributed by atoms with Crippen LogP contribution in [0.15, 0.2) is 60.7 Å². The molecule has 2 heterocycles. The number of hydrogen-bond donors (Lipinski definition) is 1. The van der Waals surface area contributed by atoms with Crippen LogP contribution in [0.25, 0.3) is 0 Å². The van der Waals surface area contributed by atoms with Crippen molar-refractivity contribution < 1.29 is 9.68 Å². The molecule has 0 bridgehead atoms. The van der Waals surface area contributed by atoms with Gasteiger partial charge in [-0.25, -0.2) is 0 Å². The third-order valence-electron chi connectivity index (χ3n) is 4.48. The summed E-state index contributed by atoms with van der Waals surface area (Å²) in [4.78, 5) is 2.12. The second-order valence-electron chi connectivity index (χ2n) is 5.79. The fourth-order valence-electron chi connectivity index (χ4n) is 3.55. The van der Waals surface area contributed by atoms with Crippen LogP contribution in [0.1, 0.15) is 18.4 Å². The van der Waals surface area contributed by atoms with Gasteiger partial charge in [0.05, 0.1) is 13.0 Å². The molecule has 0 aromatic heterocycles. The summed E-state index contributed by atoms with van der Waals surface area (Å²) >= 11 is 0. The molecular formula is C18H19N2O+. The SMILES string of the molecule is OC1(c2ccccc2)C[N+]2=C(CCC2)N1c1ccccc1. The monoisotopic (exact) mass is 279 g/mol. The van der Waals surface area contributed by atoms with Crippen molar-refractivity contribution in [3.8, 4) is 0 Å². The number of anilines is 1. The minimum atomic E-state index is -0.974. The zero-order valence-electron chi connectivity index (χ0n) is 11.9. The third-order valence-corrected chi connectivity index (χ3v) is 4.48. The van der Waals surface area contributed by atoms with Gasteiger partial charge in [-0.3, -0.25) is 4.58 Å². The maximum absolute atomic E-state index is 11.4. The van der Waals surface area contributed by atoms with Crippen molar-refractivity contribution in [2.24, 2.45) is 0 Å². The van der Waals surface area contributed by atoms with Crippen LogP contribution in [0.5, 0.6) is 0 Å². The van der Waals surface area contributed by atoms with Gasteiger partial charge in [0.2, 0.25) is 0 Å². The molecule has 0 saturated heterocycles. The van der Waals surface area contributed by atoms with Gasteiger partial charge in [-0.15, -0.1) is 0 Å². The molecule has 0 spiro atoms. The lowest BCUT2D eigenvalue weighted by molar-refractivity contribution is -0.526. The number of aliphatic hydroxyl groups is 1. The van der Waals surface area contributed by atoms with Crippen molar-refractivity contribution in [1.82, 2.24) is 0 Å². The zero-order chi connectivity index (χ0) is 14.3. The van der Waals surface area contributed by atoms with Crippen LogP contribution in [0, 0.1) is 0 Å². The Hall–Kier alpha value is -2.13. The van der Waals surface area contributed by atoms with Gasteiger partial charge in [0.15, 0.2) is 6.54 Å². The number of para-hydroxylation sites is 1. The van der Waals surface area contributed by atoms with E-state index in [9.17, 15) is 5.11 Å². The summed E-state index contributed by atoms with van der Waals surface area (Å²) in [6.07, 6.45) is 2.20. The summed E-state index contributed by atoms with van der Waals surface area (Å²) in [5.41, 5.74) is 1.04. The Balaban J connectivity index is 1.85. The molecule has 0 radical (unpaired) electrons.